The average molecular weight is 705 g/mol. The second-order valence-electron chi connectivity index (χ2n) is 14.6. The molecule has 0 aromatic heterocycles. The van der Waals surface area contributed by atoms with Crippen molar-refractivity contribution in [3.63, 3.8) is 0 Å². The van der Waals surface area contributed by atoms with Crippen LogP contribution in [0.4, 0.5) is 0 Å². The summed E-state index contributed by atoms with van der Waals surface area (Å²) in [5.74, 6) is -0.401. The third-order valence-corrected chi connectivity index (χ3v) is 9.49. The van der Waals surface area contributed by atoms with Crippen LogP contribution in [0.15, 0.2) is 24.3 Å². The third-order valence-electron chi connectivity index (χ3n) is 9.49. The second kappa shape index (κ2) is 41.8. The molecule has 0 aromatic rings. The zero-order valence-corrected chi connectivity index (χ0v) is 33.7. The van der Waals surface area contributed by atoms with Gasteiger partial charge in [0.25, 0.3) is 0 Å². The number of carbonyl (C=O) groups excluding carboxylic acids is 2. The molecule has 50 heavy (non-hydrogen) atoms. The summed E-state index contributed by atoms with van der Waals surface area (Å²) < 4.78 is 17.2. The fourth-order valence-corrected chi connectivity index (χ4v) is 6.19. The van der Waals surface area contributed by atoms with Crippen molar-refractivity contribution in [2.75, 3.05) is 19.8 Å². The van der Waals surface area contributed by atoms with Gasteiger partial charge in [0.15, 0.2) is 6.10 Å². The van der Waals surface area contributed by atoms with E-state index in [-0.39, 0.29) is 18.5 Å². The molecule has 1 unspecified atom stereocenters. The summed E-state index contributed by atoms with van der Waals surface area (Å²) in [6.45, 7) is 7.78. The van der Waals surface area contributed by atoms with Crippen LogP contribution < -0.4 is 0 Å². The molecule has 0 spiro atoms. The largest absolute Gasteiger partial charge is 0.462 e. The van der Waals surface area contributed by atoms with Gasteiger partial charge in [-0.3, -0.25) is 9.59 Å². The van der Waals surface area contributed by atoms with Gasteiger partial charge in [0.1, 0.15) is 6.61 Å². The van der Waals surface area contributed by atoms with Crippen molar-refractivity contribution in [3.05, 3.63) is 24.3 Å². The molecule has 294 valence electrons. The lowest BCUT2D eigenvalue weighted by Crippen LogP contribution is -2.30. The molecular weight excluding hydrogens is 620 g/mol. The van der Waals surface area contributed by atoms with E-state index in [1.54, 1.807) is 0 Å². The van der Waals surface area contributed by atoms with Crippen molar-refractivity contribution >= 4 is 11.9 Å². The Morgan fingerprint density at radius 1 is 0.440 bits per heavy atom. The van der Waals surface area contributed by atoms with E-state index in [2.05, 4.69) is 45.1 Å². The Morgan fingerprint density at radius 3 is 1.36 bits per heavy atom. The van der Waals surface area contributed by atoms with Crippen LogP contribution in [0.25, 0.3) is 0 Å². The minimum Gasteiger partial charge on any atom is -0.462 e. The van der Waals surface area contributed by atoms with Crippen LogP contribution in [-0.4, -0.2) is 37.9 Å². The van der Waals surface area contributed by atoms with Crippen molar-refractivity contribution in [2.45, 2.75) is 232 Å². The molecule has 0 saturated heterocycles. The molecule has 0 saturated carbocycles. The summed E-state index contributed by atoms with van der Waals surface area (Å²) >= 11 is 0. The molecule has 5 nitrogen and oxygen atoms in total. The average Bonchev–Trinajstić information content (AvgIpc) is 3.11. The van der Waals surface area contributed by atoms with Gasteiger partial charge in [-0.05, 0) is 51.4 Å². The van der Waals surface area contributed by atoms with Crippen molar-refractivity contribution in [1.82, 2.24) is 0 Å². The number of hydrogen-bond acceptors (Lipinski definition) is 5. The van der Waals surface area contributed by atoms with E-state index in [0.717, 1.165) is 44.9 Å². The van der Waals surface area contributed by atoms with E-state index >= 15 is 0 Å². The van der Waals surface area contributed by atoms with Crippen LogP contribution in [0.2, 0.25) is 0 Å². The Balaban J connectivity index is 4.13. The molecule has 0 radical (unpaired) electrons. The predicted molar refractivity (Wildman–Crippen MR) is 215 cm³/mol. The molecule has 1 atom stereocenters. The molecule has 0 aliphatic carbocycles. The Morgan fingerprint density at radius 2 is 0.840 bits per heavy atom. The van der Waals surface area contributed by atoms with Crippen LogP contribution >= 0.6 is 0 Å². The summed E-state index contributed by atoms with van der Waals surface area (Å²) in [7, 11) is 0. The normalized spacial score (nSPS) is 12.3. The van der Waals surface area contributed by atoms with E-state index in [1.165, 1.54) is 148 Å². The zero-order valence-electron chi connectivity index (χ0n) is 33.7. The predicted octanol–water partition coefficient (Wildman–Crippen LogP) is 14.1. The summed E-state index contributed by atoms with van der Waals surface area (Å²) in [6.07, 6.45) is 46.0. The summed E-state index contributed by atoms with van der Waals surface area (Å²) in [4.78, 5) is 25.1. The summed E-state index contributed by atoms with van der Waals surface area (Å²) in [5, 5.41) is 0. The number of ether oxygens (including phenoxy) is 3. The molecule has 0 aliphatic heterocycles. The standard InChI is InChI=1S/C45H84O5/c1-4-7-10-13-16-19-20-21-22-23-24-25-26-28-29-32-35-38-44(46)49-42-43(41-48-40-37-34-31-18-15-12-9-6-3)50-45(47)39-36-33-30-27-17-14-11-8-5-2/h16,19,21-22,43H,4-15,17-18,20,23-42H2,1-3H3/b19-16-,22-21-. The second-order valence-corrected chi connectivity index (χ2v) is 14.6. The molecule has 0 heterocycles. The van der Waals surface area contributed by atoms with Gasteiger partial charge in [0.05, 0.1) is 6.61 Å². The molecule has 5 heteroatoms. The first-order valence-corrected chi connectivity index (χ1v) is 21.9. The van der Waals surface area contributed by atoms with E-state index < -0.39 is 6.10 Å². The maximum absolute atomic E-state index is 12.6. The maximum atomic E-state index is 12.6. The number of hydrogen-bond donors (Lipinski definition) is 0. The van der Waals surface area contributed by atoms with Crippen molar-refractivity contribution in [1.29, 1.82) is 0 Å². The van der Waals surface area contributed by atoms with Crippen LogP contribution in [0, 0.1) is 0 Å². The first-order valence-electron chi connectivity index (χ1n) is 21.9. The Labute approximate surface area is 311 Å². The Kier molecular flexibility index (Phi) is 40.4. The lowest BCUT2D eigenvalue weighted by Gasteiger charge is -2.18. The number of rotatable bonds is 40. The van der Waals surface area contributed by atoms with Gasteiger partial charge < -0.3 is 14.2 Å². The molecule has 0 aromatic carbocycles. The van der Waals surface area contributed by atoms with Gasteiger partial charge in [0.2, 0.25) is 0 Å². The quantitative estimate of drug-likeness (QED) is 0.0361. The van der Waals surface area contributed by atoms with Gasteiger partial charge in [-0.1, -0.05) is 186 Å². The highest BCUT2D eigenvalue weighted by Crippen LogP contribution is 2.14. The van der Waals surface area contributed by atoms with Gasteiger partial charge in [-0.2, -0.15) is 0 Å². The van der Waals surface area contributed by atoms with Gasteiger partial charge in [0, 0.05) is 19.4 Å². The lowest BCUT2D eigenvalue weighted by molar-refractivity contribution is -0.163. The fourth-order valence-electron chi connectivity index (χ4n) is 6.19. The molecule has 0 bridgehead atoms. The minimum absolute atomic E-state index is 0.0868. The Hall–Kier alpha value is -1.62. The topological polar surface area (TPSA) is 61.8 Å². The van der Waals surface area contributed by atoms with E-state index in [0.29, 0.717) is 26.1 Å². The summed E-state index contributed by atoms with van der Waals surface area (Å²) in [6, 6.07) is 0. The molecule has 0 rings (SSSR count). The minimum atomic E-state index is -0.527. The summed E-state index contributed by atoms with van der Waals surface area (Å²) in [5.41, 5.74) is 0. The van der Waals surface area contributed by atoms with E-state index in [9.17, 15) is 9.59 Å². The lowest BCUT2D eigenvalue weighted by atomic mass is 10.1. The van der Waals surface area contributed by atoms with Gasteiger partial charge in [-0.25, -0.2) is 0 Å². The maximum Gasteiger partial charge on any atom is 0.306 e. The van der Waals surface area contributed by atoms with Crippen LogP contribution in [0.5, 0.6) is 0 Å². The zero-order chi connectivity index (χ0) is 36.4. The molecular formula is C45H84O5. The van der Waals surface area contributed by atoms with Crippen LogP contribution in [0.3, 0.4) is 0 Å². The first-order chi connectivity index (χ1) is 24.6. The van der Waals surface area contributed by atoms with Crippen LogP contribution in [0.1, 0.15) is 226 Å². The SMILES string of the molecule is CCCCC/C=C\C/C=C\CCCCCCCCCC(=O)OCC(COCCCCCCCCCC)OC(=O)CCCCCCCCCCC. The number of unbranched alkanes of at least 4 members (excludes halogenated alkanes) is 25. The highest BCUT2D eigenvalue weighted by atomic mass is 16.6. The van der Waals surface area contributed by atoms with Crippen molar-refractivity contribution in [3.8, 4) is 0 Å². The van der Waals surface area contributed by atoms with Gasteiger partial charge >= 0.3 is 11.9 Å². The first kappa shape index (κ1) is 48.4. The molecule has 0 N–H and O–H groups in total. The number of esters is 2. The van der Waals surface area contributed by atoms with Gasteiger partial charge in [-0.15, -0.1) is 0 Å². The van der Waals surface area contributed by atoms with Crippen molar-refractivity contribution < 1.29 is 23.8 Å². The molecule has 0 amide bonds. The smallest absolute Gasteiger partial charge is 0.306 e. The molecule has 0 aliphatic rings. The third kappa shape index (κ3) is 39.2. The molecule has 0 fully saturated rings. The van der Waals surface area contributed by atoms with Crippen LogP contribution in [-0.2, 0) is 23.8 Å². The van der Waals surface area contributed by atoms with Crippen molar-refractivity contribution in [2.24, 2.45) is 0 Å². The van der Waals surface area contributed by atoms with E-state index in [1.807, 2.05) is 0 Å². The van der Waals surface area contributed by atoms with E-state index in [4.69, 9.17) is 14.2 Å². The number of carbonyl (C=O) groups is 2. The fraction of sp³-hybridized carbons (Fsp3) is 0.867. The Bertz CT molecular complexity index is 761. The number of allylic oxidation sites excluding steroid dienone is 4. The monoisotopic (exact) mass is 705 g/mol. The highest BCUT2D eigenvalue weighted by Gasteiger charge is 2.17. The highest BCUT2D eigenvalue weighted by molar-refractivity contribution is 5.70.